The van der Waals surface area contributed by atoms with Gasteiger partial charge < -0.3 is 4.90 Å². The minimum Gasteiger partial charge on any atom is -0.339 e. The van der Waals surface area contributed by atoms with E-state index in [2.05, 4.69) is 30.0 Å². The fourth-order valence-corrected chi connectivity index (χ4v) is 4.21. The van der Waals surface area contributed by atoms with Crippen LogP contribution in [0.1, 0.15) is 65.7 Å². The minimum absolute atomic E-state index is 0.244. The Labute approximate surface area is 144 Å². The molecule has 0 atom stereocenters. The Morgan fingerprint density at radius 3 is 2.54 bits per heavy atom. The highest BCUT2D eigenvalue weighted by Crippen LogP contribution is 2.31. The van der Waals surface area contributed by atoms with Gasteiger partial charge in [0.1, 0.15) is 0 Å². The molecule has 0 bridgehead atoms. The number of carbonyl (C=O) groups excluding carboxylic acids is 1. The van der Waals surface area contributed by atoms with Crippen LogP contribution < -0.4 is 0 Å². The smallest absolute Gasteiger partial charge is 0.254 e. The van der Waals surface area contributed by atoms with Crippen LogP contribution in [0.2, 0.25) is 0 Å². The number of aromatic nitrogens is 1. The molecule has 0 N–H and O–H groups in total. The van der Waals surface area contributed by atoms with Crippen LogP contribution in [0.5, 0.6) is 0 Å². The standard InChI is InChI=1S/C21H26N2O/c1-15-10-11-19-17(14-15)20(16-8-4-5-9-18(16)22-19)21(24)23-12-6-2-3-7-13-23/h10-11,14H,2-9,12-13H2,1H3. The molecule has 0 unspecified atom stereocenters. The molecule has 1 aliphatic carbocycles. The Kier molecular flexibility index (Phi) is 4.26. The highest BCUT2D eigenvalue weighted by molar-refractivity contribution is 6.08. The minimum atomic E-state index is 0.244. The third kappa shape index (κ3) is 2.81. The van der Waals surface area contributed by atoms with Crippen molar-refractivity contribution >= 4 is 16.8 Å². The average Bonchev–Trinajstić information content (AvgIpc) is 2.88. The summed E-state index contributed by atoms with van der Waals surface area (Å²) in [7, 11) is 0. The molecule has 1 aliphatic heterocycles. The normalized spacial score (nSPS) is 18.3. The molecular weight excluding hydrogens is 296 g/mol. The van der Waals surface area contributed by atoms with E-state index in [-0.39, 0.29) is 5.91 Å². The highest BCUT2D eigenvalue weighted by atomic mass is 16.2. The number of aryl methyl sites for hydroxylation is 2. The van der Waals surface area contributed by atoms with E-state index >= 15 is 0 Å². The quantitative estimate of drug-likeness (QED) is 0.778. The SMILES string of the molecule is Cc1ccc2nc3c(c(C(=O)N4CCCCCC4)c2c1)CCCC3. The Bertz CT molecular complexity index is 773. The molecule has 2 aromatic rings. The molecule has 0 radical (unpaired) electrons. The second-order valence-electron chi connectivity index (χ2n) is 7.35. The van der Waals surface area contributed by atoms with Crippen LogP contribution in [-0.4, -0.2) is 28.9 Å². The van der Waals surface area contributed by atoms with E-state index in [9.17, 15) is 4.79 Å². The lowest BCUT2D eigenvalue weighted by atomic mass is 9.89. The maximum Gasteiger partial charge on any atom is 0.254 e. The van der Waals surface area contributed by atoms with E-state index < -0.39 is 0 Å². The fraction of sp³-hybridized carbons (Fsp3) is 0.524. The zero-order valence-corrected chi connectivity index (χ0v) is 14.6. The third-order valence-electron chi connectivity index (χ3n) is 5.52. The number of amides is 1. The van der Waals surface area contributed by atoms with Gasteiger partial charge in [0.2, 0.25) is 0 Å². The maximum atomic E-state index is 13.4. The summed E-state index contributed by atoms with van der Waals surface area (Å²) in [5.41, 5.74) is 5.54. The molecule has 3 heteroatoms. The van der Waals surface area contributed by atoms with Gasteiger partial charge in [0, 0.05) is 24.2 Å². The number of hydrogen-bond donors (Lipinski definition) is 0. The van der Waals surface area contributed by atoms with Gasteiger partial charge in [-0.25, -0.2) is 0 Å². The van der Waals surface area contributed by atoms with Crippen molar-refractivity contribution in [3.8, 4) is 0 Å². The molecule has 1 aromatic heterocycles. The van der Waals surface area contributed by atoms with Crippen molar-refractivity contribution in [1.82, 2.24) is 9.88 Å². The van der Waals surface area contributed by atoms with Gasteiger partial charge in [-0.1, -0.05) is 24.5 Å². The molecule has 0 spiro atoms. The first-order valence-corrected chi connectivity index (χ1v) is 9.45. The van der Waals surface area contributed by atoms with Gasteiger partial charge in [0.05, 0.1) is 11.1 Å². The number of rotatable bonds is 1. The van der Waals surface area contributed by atoms with Crippen molar-refractivity contribution in [2.75, 3.05) is 13.1 Å². The van der Waals surface area contributed by atoms with Crippen LogP contribution >= 0.6 is 0 Å². The Morgan fingerprint density at radius 2 is 1.75 bits per heavy atom. The van der Waals surface area contributed by atoms with E-state index in [0.717, 1.165) is 60.9 Å². The molecule has 2 aliphatic rings. The van der Waals surface area contributed by atoms with Crippen LogP contribution in [0.25, 0.3) is 10.9 Å². The molecule has 2 heterocycles. The summed E-state index contributed by atoms with van der Waals surface area (Å²) < 4.78 is 0. The van der Waals surface area contributed by atoms with Crippen LogP contribution in [0.3, 0.4) is 0 Å². The monoisotopic (exact) mass is 322 g/mol. The van der Waals surface area contributed by atoms with Gasteiger partial charge in [0.25, 0.3) is 5.91 Å². The van der Waals surface area contributed by atoms with E-state index in [1.54, 1.807) is 0 Å². The first kappa shape index (κ1) is 15.6. The van der Waals surface area contributed by atoms with Crippen molar-refractivity contribution in [1.29, 1.82) is 0 Å². The maximum absolute atomic E-state index is 13.4. The molecule has 1 amide bonds. The van der Waals surface area contributed by atoms with Crippen molar-refractivity contribution in [2.24, 2.45) is 0 Å². The first-order chi connectivity index (χ1) is 11.7. The Balaban J connectivity index is 1.87. The van der Waals surface area contributed by atoms with Crippen molar-refractivity contribution in [2.45, 2.75) is 58.3 Å². The number of benzene rings is 1. The van der Waals surface area contributed by atoms with Gasteiger partial charge in [-0.15, -0.1) is 0 Å². The molecule has 126 valence electrons. The Hall–Kier alpha value is -1.90. The molecule has 1 fully saturated rings. The zero-order chi connectivity index (χ0) is 16.5. The van der Waals surface area contributed by atoms with Crippen molar-refractivity contribution in [3.05, 3.63) is 40.6 Å². The fourth-order valence-electron chi connectivity index (χ4n) is 4.21. The lowest BCUT2D eigenvalue weighted by molar-refractivity contribution is 0.0762. The summed E-state index contributed by atoms with van der Waals surface area (Å²) in [5.74, 6) is 0.244. The lowest BCUT2D eigenvalue weighted by Crippen LogP contribution is -2.33. The Morgan fingerprint density at radius 1 is 1.00 bits per heavy atom. The summed E-state index contributed by atoms with van der Waals surface area (Å²) in [6, 6.07) is 6.34. The summed E-state index contributed by atoms with van der Waals surface area (Å²) >= 11 is 0. The van der Waals surface area contributed by atoms with Gasteiger partial charge in [-0.2, -0.15) is 0 Å². The largest absolute Gasteiger partial charge is 0.339 e. The van der Waals surface area contributed by atoms with E-state index in [4.69, 9.17) is 4.98 Å². The molecule has 0 saturated carbocycles. The van der Waals surface area contributed by atoms with Crippen molar-refractivity contribution < 1.29 is 4.79 Å². The molecule has 4 rings (SSSR count). The van der Waals surface area contributed by atoms with Crippen molar-refractivity contribution in [3.63, 3.8) is 0 Å². The van der Waals surface area contributed by atoms with Gasteiger partial charge in [-0.05, 0) is 63.1 Å². The summed E-state index contributed by atoms with van der Waals surface area (Å²) in [4.78, 5) is 20.4. The van der Waals surface area contributed by atoms with E-state index in [0.29, 0.717) is 0 Å². The summed E-state index contributed by atoms with van der Waals surface area (Å²) in [6.07, 6.45) is 9.14. The second kappa shape index (κ2) is 6.54. The first-order valence-electron chi connectivity index (χ1n) is 9.45. The van der Waals surface area contributed by atoms with Crippen LogP contribution in [0, 0.1) is 6.92 Å². The number of carbonyl (C=O) groups is 1. The predicted molar refractivity (Wildman–Crippen MR) is 97.5 cm³/mol. The molecular formula is C21H26N2O. The number of pyridine rings is 1. The number of fused-ring (bicyclic) bond motifs is 2. The number of nitrogens with zero attached hydrogens (tertiary/aromatic N) is 2. The summed E-state index contributed by atoms with van der Waals surface area (Å²) in [5, 5.41) is 1.06. The van der Waals surface area contributed by atoms with Crippen LogP contribution in [0.4, 0.5) is 0 Å². The number of hydrogen-bond acceptors (Lipinski definition) is 2. The molecule has 1 saturated heterocycles. The molecule has 1 aromatic carbocycles. The van der Waals surface area contributed by atoms with E-state index in [1.165, 1.54) is 36.8 Å². The zero-order valence-electron chi connectivity index (χ0n) is 14.6. The molecule has 24 heavy (non-hydrogen) atoms. The summed E-state index contributed by atoms with van der Waals surface area (Å²) in [6.45, 7) is 3.91. The number of likely N-dealkylation sites (tertiary alicyclic amines) is 1. The van der Waals surface area contributed by atoms with Gasteiger partial charge in [0.15, 0.2) is 0 Å². The van der Waals surface area contributed by atoms with E-state index in [1.807, 2.05) is 0 Å². The second-order valence-corrected chi connectivity index (χ2v) is 7.35. The molecule has 3 nitrogen and oxygen atoms in total. The lowest BCUT2D eigenvalue weighted by Gasteiger charge is -2.25. The average molecular weight is 322 g/mol. The van der Waals surface area contributed by atoms with Crippen LogP contribution in [0.15, 0.2) is 18.2 Å². The highest BCUT2D eigenvalue weighted by Gasteiger charge is 2.26. The van der Waals surface area contributed by atoms with Gasteiger partial charge >= 0.3 is 0 Å². The predicted octanol–water partition coefficient (Wildman–Crippen LogP) is 4.44. The third-order valence-corrected chi connectivity index (χ3v) is 5.52. The topological polar surface area (TPSA) is 33.2 Å². The van der Waals surface area contributed by atoms with Crippen LogP contribution in [-0.2, 0) is 12.8 Å². The van der Waals surface area contributed by atoms with Gasteiger partial charge in [-0.3, -0.25) is 9.78 Å².